The van der Waals surface area contributed by atoms with E-state index >= 15 is 0 Å². The van der Waals surface area contributed by atoms with Crippen LogP contribution in [0.5, 0.6) is 0 Å². The topological polar surface area (TPSA) is 63.6 Å². The molecule has 0 saturated heterocycles. The average molecular weight is 529 g/mol. The zero-order valence-electron chi connectivity index (χ0n) is 24.3. The van der Waals surface area contributed by atoms with E-state index in [1.165, 1.54) is 103 Å². The van der Waals surface area contributed by atoms with Crippen molar-refractivity contribution in [3.63, 3.8) is 0 Å². The number of hydrogen-bond donors (Lipinski definition) is 1. The van der Waals surface area contributed by atoms with Crippen LogP contribution < -0.4 is 0 Å². The Morgan fingerprint density at radius 3 is 1.53 bits per heavy atom. The number of quaternary nitrogens is 1. The van der Waals surface area contributed by atoms with E-state index in [4.69, 9.17) is 4.74 Å². The highest BCUT2D eigenvalue weighted by molar-refractivity contribution is 7.69. The molecule has 0 saturated carbocycles. The Morgan fingerprint density at radius 1 is 0.778 bits per heavy atom. The lowest BCUT2D eigenvalue weighted by atomic mass is 10.0. The fourth-order valence-electron chi connectivity index (χ4n) is 4.46. The highest BCUT2D eigenvalue weighted by Gasteiger charge is 2.26. The van der Waals surface area contributed by atoms with Crippen molar-refractivity contribution < 1.29 is 23.7 Å². The number of likely N-dealkylation sites (N-methyl/N-ethyl adjacent to an activating group) is 1. The SMILES string of the molecule is C=CC(=O)OC(CCCCCCCCCCCCCCCCCCCC)CP(O)C(=O)C[N+](C)(C)C. The van der Waals surface area contributed by atoms with Gasteiger partial charge in [0.05, 0.1) is 21.1 Å². The average Bonchev–Trinajstić information content (AvgIpc) is 2.81. The Hall–Kier alpha value is -0.770. The third kappa shape index (κ3) is 23.6. The number of nitrogens with zero attached hydrogens (tertiary/aromatic N) is 1. The summed E-state index contributed by atoms with van der Waals surface area (Å²) in [6, 6.07) is 0. The van der Waals surface area contributed by atoms with Gasteiger partial charge in [-0.2, -0.15) is 0 Å². The van der Waals surface area contributed by atoms with Gasteiger partial charge in [-0.3, -0.25) is 4.79 Å². The Kier molecular flexibility index (Phi) is 22.9. The Morgan fingerprint density at radius 2 is 1.17 bits per heavy atom. The van der Waals surface area contributed by atoms with E-state index in [0.29, 0.717) is 10.9 Å². The van der Waals surface area contributed by atoms with Crippen molar-refractivity contribution >= 4 is 19.6 Å². The normalized spacial score (nSPS) is 13.4. The molecule has 0 aliphatic heterocycles. The van der Waals surface area contributed by atoms with Crippen LogP contribution in [0.2, 0.25) is 0 Å². The van der Waals surface area contributed by atoms with Crippen molar-refractivity contribution in [2.24, 2.45) is 0 Å². The lowest BCUT2D eigenvalue weighted by molar-refractivity contribution is -0.861. The van der Waals surface area contributed by atoms with E-state index in [9.17, 15) is 14.5 Å². The van der Waals surface area contributed by atoms with Gasteiger partial charge in [0.25, 0.3) is 0 Å². The molecule has 6 heteroatoms. The van der Waals surface area contributed by atoms with Crippen molar-refractivity contribution in [2.75, 3.05) is 33.8 Å². The zero-order chi connectivity index (χ0) is 27.1. The molecular weight excluding hydrogens is 469 g/mol. The molecule has 0 spiro atoms. The monoisotopic (exact) mass is 528 g/mol. The largest absolute Gasteiger partial charge is 0.459 e. The Bertz CT molecular complexity index is 562. The van der Waals surface area contributed by atoms with E-state index in [-0.39, 0.29) is 18.2 Å². The summed E-state index contributed by atoms with van der Waals surface area (Å²) >= 11 is 0. The maximum absolute atomic E-state index is 12.3. The second kappa shape index (κ2) is 23.4. The number of hydrogen-bond acceptors (Lipinski definition) is 4. The molecule has 36 heavy (non-hydrogen) atoms. The second-order valence-corrected chi connectivity index (χ2v) is 13.1. The van der Waals surface area contributed by atoms with Gasteiger partial charge in [0.15, 0.2) is 0 Å². The molecule has 0 aliphatic rings. The molecule has 0 aromatic rings. The highest BCUT2D eigenvalue weighted by atomic mass is 31.1. The van der Waals surface area contributed by atoms with Crippen molar-refractivity contribution in [1.29, 1.82) is 0 Å². The van der Waals surface area contributed by atoms with Gasteiger partial charge < -0.3 is 14.1 Å². The minimum Gasteiger partial charge on any atom is -0.459 e. The molecule has 0 amide bonds. The number of carbonyl (C=O) groups excluding carboxylic acids is 2. The van der Waals surface area contributed by atoms with Gasteiger partial charge in [-0.15, -0.1) is 0 Å². The van der Waals surface area contributed by atoms with Crippen LogP contribution in [0, 0.1) is 0 Å². The summed E-state index contributed by atoms with van der Waals surface area (Å²) in [5.41, 5.74) is -0.144. The Balaban J connectivity index is 3.78. The molecule has 0 bridgehead atoms. The minimum atomic E-state index is -1.79. The molecule has 0 fully saturated rings. The lowest BCUT2D eigenvalue weighted by Gasteiger charge is -2.25. The van der Waals surface area contributed by atoms with Crippen LogP contribution in [-0.2, 0) is 14.3 Å². The van der Waals surface area contributed by atoms with Crippen LogP contribution in [0.4, 0.5) is 0 Å². The van der Waals surface area contributed by atoms with Gasteiger partial charge in [-0.05, 0) is 12.8 Å². The molecule has 0 aromatic carbocycles. The smallest absolute Gasteiger partial charge is 0.330 e. The molecule has 0 radical (unpaired) electrons. The maximum atomic E-state index is 12.3. The van der Waals surface area contributed by atoms with Crippen molar-refractivity contribution in [2.45, 2.75) is 135 Å². The van der Waals surface area contributed by atoms with Crippen LogP contribution in [0.25, 0.3) is 0 Å². The van der Waals surface area contributed by atoms with Crippen LogP contribution in [0.3, 0.4) is 0 Å². The molecule has 5 nitrogen and oxygen atoms in total. The standard InChI is InChI=1S/C30H59NO4P/c1-6-8-9-10-11-12-13-14-15-16-17-18-19-20-21-22-23-24-25-28(35-29(32)7-2)27-36(34)30(33)26-31(3,4)5/h7,28,34H,2,6,8-27H2,1,3-5H3/q+1. The second-order valence-electron chi connectivity index (χ2n) is 11.5. The first kappa shape index (κ1) is 35.2. The molecular formula is C30H59NO4P+. The first-order valence-corrected chi connectivity index (χ1v) is 16.3. The van der Waals surface area contributed by atoms with Crippen LogP contribution in [0.15, 0.2) is 12.7 Å². The number of carbonyl (C=O) groups is 2. The predicted octanol–water partition coefficient (Wildman–Crippen LogP) is 8.14. The van der Waals surface area contributed by atoms with Crippen molar-refractivity contribution in [3.8, 4) is 0 Å². The first-order valence-electron chi connectivity index (χ1n) is 14.8. The molecule has 0 aliphatic carbocycles. The van der Waals surface area contributed by atoms with Crippen LogP contribution in [-0.4, -0.2) is 60.8 Å². The molecule has 0 aromatic heterocycles. The van der Waals surface area contributed by atoms with Gasteiger partial charge in [0.2, 0.25) is 5.52 Å². The Labute approximate surface area is 224 Å². The fraction of sp³-hybridized carbons (Fsp3) is 0.867. The van der Waals surface area contributed by atoms with E-state index in [0.717, 1.165) is 18.9 Å². The predicted molar refractivity (Wildman–Crippen MR) is 155 cm³/mol. The summed E-state index contributed by atoms with van der Waals surface area (Å²) in [5, 5.41) is 0. The van der Waals surface area contributed by atoms with Gasteiger partial charge in [0.1, 0.15) is 20.8 Å². The van der Waals surface area contributed by atoms with Gasteiger partial charge in [-0.1, -0.05) is 123 Å². The van der Waals surface area contributed by atoms with Gasteiger partial charge in [0, 0.05) is 12.2 Å². The van der Waals surface area contributed by atoms with E-state index in [1.807, 2.05) is 21.1 Å². The lowest BCUT2D eigenvalue weighted by Crippen LogP contribution is -2.39. The van der Waals surface area contributed by atoms with E-state index in [1.54, 1.807) is 0 Å². The van der Waals surface area contributed by atoms with E-state index < -0.39 is 20.2 Å². The third-order valence-corrected chi connectivity index (χ3v) is 8.07. The highest BCUT2D eigenvalue weighted by Crippen LogP contribution is 2.34. The molecule has 2 atom stereocenters. The quantitative estimate of drug-likeness (QED) is 0.0405. The first-order chi connectivity index (χ1) is 17.2. The fourth-order valence-corrected chi connectivity index (χ4v) is 5.89. The minimum absolute atomic E-state index is 0.144. The number of unbranched alkanes of at least 4 members (excludes halogenated alkanes) is 17. The van der Waals surface area contributed by atoms with E-state index in [2.05, 4.69) is 13.5 Å². The summed E-state index contributed by atoms with van der Waals surface area (Å²) in [6.07, 6.45) is 25.6. The summed E-state index contributed by atoms with van der Waals surface area (Å²) < 4.78 is 5.91. The van der Waals surface area contributed by atoms with Crippen molar-refractivity contribution in [3.05, 3.63) is 12.7 Å². The van der Waals surface area contributed by atoms with Crippen LogP contribution in [0.1, 0.15) is 129 Å². The molecule has 2 unspecified atom stereocenters. The number of esters is 1. The molecule has 0 heterocycles. The number of ether oxygens (including phenoxy) is 1. The maximum Gasteiger partial charge on any atom is 0.330 e. The van der Waals surface area contributed by atoms with Gasteiger partial charge in [-0.25, -0.2) is 4.79 Å². The third-order valence-electron chi connectivity index (χ3n) is 6.60. The summed E-state index contributed by atoms with van der Waals surface area (Å²) in [6.45, 7) is 6.02. The summed E-state index contributed by atoms with van der Waals surface area (Å²) in [4.78, 5) is 34.4. The summed E-state index contributed by atoms with van der Waals surface area (Å²) in [7, 11) is 3.98. The summed E-state index contributed by atoms with van der Waals surface area (Å²) in [5.74, 6) is -0.482. The number of rotatable bonds is 26. The molecule has 1 N–H and O–H groups in total. The van der Waals surface area contributed by atoms with Gasteiger partial charge >= 0.3 is 5.97 Å². The molecule has 212 valence electrons. The zero-order valence-corrected chi connectivity index (χ0v) is 25.2. The van der Waals surface area contributed by atoms with Crippen molar-refractivity contribution in [1.82, 2.24) is 0 Å². The molecule has 0 rings (SSSR count). The van der Waals surface area contributed by atoms with Crippen LogP contribution >= 0.6 is 8.15 Å².